The zero-order valence-electron chi connectivity index (χ0n) is 9.24. The Labute approximate surface area is 98.8 Å². The van der Waals surface area contributed by atoms with Crippen molar-refractivity contribution < 1.29 is 0 Å². The minimum atomic E-state index is 0.442. The van der Waals surface area contributed by atoms with Crippen LogP contribution in [0.3, 0.4) is 0 Å². The van der Waals surface area contributed by atoms with Gasteiger partial charge in [0.2, 0.25) is 5.78 Å². The van der Waals surface area contributed by atoms with E-state index in [1.807, 2.05) is 47.0 Å². The lowest BCUT2D eigenvalue weighted by atomic mass is 10.1. The molecule has 4 heteroatoms. The van der Waals surface area contributed by atoms with Gasteiger partial charge in [-0.2, -0.15) is 0 Å². The van der Waals surface area contributed by atoms with Crippen LogP contribution in [0.2, 0.25) is 0 Å². The third-order valence-corrected chi connectivity index (χ3v) is 2.74. The SMILES string of the molecule is NCc1c(-c2ccccc2)nc2ncccn12. The first kappa shape index (κ1) is 9.99. The average Bonchev–Trinajstić information content (AvgIpc) is 2.78. The van der Waals surface area contributed by atoms with Crippen LogP contribution in [0.25, 0.3) is 17.0 Å². The van der Waals surface area contributed by atoms with Gasteiger partial charge in [0.1, 0.15) is 0 Å². The molecule has 2 heterocycles. The van der Waals surface area contributed by atoms with Gasteiger partial charge in [-0.15, -0.1) is 0 Å². The lowest BCUT2D eigenvalue weighted by Crippen LogP contribution is -2.02. The first-order valence-electron chi connectivity index (χ1n) is 5.47. The van der Waals surface area contributed by atoms with Crippen molar-refractivity contribution >= 4 is 5.78 Å². The molecule has 3 aromatic rings. The summed E-state index contributed by atoms with van der Waals surface area (Å²) in [4.78, 5) is 8.76. The van der Waals surface area contributed by atoms with Gasteiger partial charge in [-0.25, -0.2) is 9.97 Å². The van der Waals surface area contributed by atoms with Gasteiger partial charge in [0.05, 0.1) is 11.4 Å². The molecule has 0 amide bonds. The molecule has 0 saturated carbocycles. The molecule has 0 bridgehead atoms. The van der Waals surface area contributed by atoms with Crippen LogP contribution < -0.4 is 5.73 Å². The Bertz CT molecular complexity index is 643. The van der Waals surface area contributed by atoms with E-state index in [0.29, 0.717) is 12.3 Å². The van der Waals surface area contributed by atoms with Crippen LogP contribution in [0.1, 0.15) is 5.69 Å². The first-order valence-corrected chi connectivity index (χ1v) is 5.47. The molecule has 4 nitrogen and oxygen atoms in total. The molecule has 0 spiro atoms. The number of aromatic nitrogens is 3. The van der Waals surface area contributed by atoms with Crippen molar-refractivity contribution in [2.45, 2.75) is 6.54 Å². The minimum absolute atomic E-state index is 0.442. The molecule has 0 aliphatic rings. The van der Waals surface area contributed by atoms with Crippen LogP contribution in [0.4, 0.5) is 0 Å². The van der Waals surface area contributed by atoms with Crippen LogP contribution in [0.15, 0.2) is 48.8 Å². The van der Waals surface area contributed by atoms with E-state index in [-0.39, 0.29) is 0 Å². The van der Waals surface area contributed by atoms with E-state index in [2.05, 4.69) is 9.97 Å². The van der Waals surface area contributed by atoms with Crippen LogP contribution in [0, 0.1) is 0 Å². The minimum Gasteiger partial charge on any atom is -0.325 e. The van der Waals surface area contributed by atoms with Gasteiger partial charge in [0.15, 0.2) is 0 Å². The quantitative estimate of drug-likeness (QED) is 0.722. The lowest BCUT2D eigenvalue weighted by Gasteiger charge is -2.01. The summed E-state index contributed by atoms with van der Waals surface area (Å²) in [6.07, 6.45) is 3.67. The summed E-state index contributed by atoms with van der Waals surface area (Å²) in [5.41, 5.74) is 8.77. The molecule has 3 rings (SSSR count). The van der Waals surface area contributed by atoms with Gasteiger partial charge in [-0.05, 0) is 6.07 Å². The van der Waals surface area contributed by atoms with Crippen LogP contribution >= 0.6 is 0 Å². The average molecular weight is 224 g/mol. The van der Waals surface area contributed by atoms with Crippen molar-refractivity contribution in [3.05, 3.63) is 54.5 Å². The van der Waals surface area contributed by atoms with E-state index in [1.165, 1.54) is 0 Å². The highest BCUT2D eigenvalue weighted by atomic mass is 15.1. The molecule has 0 aliphatic carbocycles. The standard InChI is InChI=1S/C13H12N4/c14-9-11-12(10-5-2-1-3-6-10)16-13-15-7-4-8-17(11)13/h1-8H,9,14H2. The Balaban J connectivity index is 2.30. The van der Waals surface area contributed by atoms with Crippen molar-refractivity contribution in [2.24, 2.45) is 5.73 Å². The summed E-state index contributed by atoms with van der Waals surface area (Å²) in [5.74, 6) is 0.687. The van der Waals surface area contributed by atoms with E-state index >= 15 is 0 Å². The van der Waals surface area contributed by atoms with Gasteiger partial charge in [-0.3, -0.25) is 4.40 Å². The van der Waals surface area contributed by atoms with Crippen molar-refractivity contribution in [1.82, 2.24) is 14.4 Å². The second-order valence-electron chi connectivity index (χ2n) is 3.77. The largest absolute Gasteiger partial charge is 0.325 e. The zero-order valence-corrected chi connectivity index (χ0v) is 9.24. The summed E-state index contributed by atoms with van der Waals surface area (Å²) in [7, 11) is 0. The molecule has 17 heavy (non-hydrogen) atoms. The third kappa shape index (κ3) is 1.59. The highest BCUT2D eigenvalue weighted by Crippen LogP contribution is 2.22. The van der Waals surface area contributed by atoms with Crippen molar-refractivity contribution in [2.75, 3.05) is 0 Å². The van der Waals surface area contributed by atoms with Gasteiger partial charge in [0, 0.05) is 24.5 Å². The number of nitrogens with zero attached hydrogens (tertiary/aromatic N) is 3. The maximum absolute atomic E-state index is 5.81. The van der Waals surface area contributed by atoms with E-state index in [9.17, 15) is 0 Å². The molecule has 0 fully saturated rings. The van der Waals surface area contributed by atoms with Crippen LogP contribution in [0.5, 0.6) is 0 Å². The number of hydrogen-bond acceptors (Lipinski definition) is 3. The molecule has 0 radical (unpaired) electrons. The van der Waals surface area contributed by atoms with Gasteiger partial charge < -0.3 is 5.73 Å². The van der Waals surface area contributed by atoms with Crippen molar-refractivity contribution in [3.8, 4) is 11.3 Å². The van der Waals surface area contributed by atoms with Gasteiger partial charge in [-0.1, -0.05) is 30.3 Å². The zero-order chi connectivity index (χ0) is 11.7. The van der Waals surface area contributed by atoms with Crippen LogP contribution in [-0.2, 0) is 6.54 Å². The third-order valence-electron chi connectivity index (χ3n) is 2.74. The van der Waals surface area contributed by atoms with Crippen molar-refractivity contribution in [1.29, 1.82) is 0 Å². The Morgan fingerprint density at radius 3 is 2.71 bits per heavy atom. The predicted octanol–water partition coefficient (Wildman–Crippen LogP) is 1.85. The maximum Gasteiger partial charge on any atom is 0.234 e. The summed E-state index contributed by atoms with van der Waals surface area (Å²) >= 11 is 0. The number of rotatable bonds is 2. The molecule has 1 aromatic carbocycles. The van der Waals surface area contributed by atoms with Gasteiger partial charge >= 0.3 is 0 Å². The molecular weight excluding hydrogens is 212 g/mol. The number of nitrogens with two attached hydrogens (primary N) is 1. The van der Waals surface area contributed by atoms with Gasteiger partial charge in [0.25, 0.3) is 0 Å². The maximum atomic E-state index is 5.81. The fourth-order valence-electron chi connectivity index (χ4n) is 1.96. The van der Waals surface area contributed by atoms with E-state index in [0.717, 1.165) is 17.0 Å². The smallest absolute Gasteiger partial charge is 0.234 e. The number of fused-ring (bicyclic) bond motifs is 1. The Morgan fingerprint density at radius 2 is 1.94 bits per heavy atom. The molecule has 0 saturated heterocycles. The second-order valence-corrected chi connectivity index (χ2v) is 3.77. The number of imidazole rings is 1. The molecule has 84 valence electrons. The van der Waals surface area contributed by atoms with Crippen molar-refractivity contribution in [3.63, 3.8) is 0 Å². The highest BCUT2D eigenvalue weighted by Gasteiger charge is 2.12. The highest BCUT2D eigenvalue weighted by molar-refractivity contribution is 5.65. The normalized spacial score (nSPS) is 10.9. The second kappa shape index (κ2) is 3.99. The monoisotopic (exact) mass is 224 g/mol. The van der Waals surface area contributed by atoms with Crippen LogP contribution in [-0.4, -0.2) is 14.4 Å². The van der Waals surface area contributed by atoms with E-state index in [1.54, 1.807) is 6.20 Å². The molecular formula is C13H12N4. The topological polar surface area (TPSA) is 56.2 Å². The van der Waals surface area contributed by atoms with E-state index in [4.69, 9.17) is 5.73 Å². The number of hydrogen-bond donors (Lipinski definition) is 1. The van der Waals surface area contributed by atoms with E-state index < -0.39 is 0 Å². The molecule has 2 N–H and O–H groups in total. The molecule has 2 aromatic heterocycles. The molecule has 0 unspecified atom stereocenters. The fourth-order valence-corrected chi connectivity index (χ4v) is 1.96. The Hall–Kier alpha value is -2.20. The summed E-state index contributed by atoms with van der Waals surface area (Å²) in [5, 5.41) is 0. The first-order chi connectivity index (χ1) is 8.40. The summed E-state index contributed by atoms with van der Waals surface area (Å²) < 4.78 is 1.93. The molecule has 0 atom stereocenters. The molecule has 0 aliphatic heterocycles. The summed E-state index contributed by atoms with van der Waals surface area (Å²) in [6, 6.07) is 11.9. The summed E-state index contributed by atoms with van der Waals surface area (Å²) in [6.45, 7) is 0.442. The lowest BCUT2D eigenvalue weighted by molar-refractivity contribution is 0.949. The fraction of sp³-hybridized carbons (Fsp3) is 0.0769. The Kier molecular flexibility index (Phi) is 2.34. The Morgan fingerprint density at radius 1 is 1.12 bits per heavy atom. The predicted molar refractivity (Wildman–Crippen MR) is 66.3 cm³/mol. The number of benzene rings is 1.